The molecule has 3 aromatic rings. The quantitative estimate of drug-likeness (QED) is 0.340. The lowest BCUT2D eigenvalue weighted by Gasteiger charge is -2.18. The lowest BCUT2D eigenvalue weighted by Crippen LogP contribution is -2.42. The van der Waals surface area contributed by atoms with Crippen molar-refractivity contribution >= 4 is 46.7 Å². The molecule has 10 heteroatoms. The summed E-state index contributed by atoms with van der Waals surface area (Å²) in [6, 6.07) is 15.3. The van der Waals surface area contributed by atoms with Crippen molar-refractivity contribution in [2.24, 2.45) is 0 Å². The van der Waals surface area contributed by atoms with Crippen molar-refractivity contribution in [3.8, 4) is 5.75 Å². The summed E-state index contributed by atoms with van der Waals surface area (Å²) in [7, 11) is 0. The first-order valence-corrected chi connectivity index (χ1v) is 12.7. The minimum absolute atomic E-state index is 0.00630. The van der Waals surface area contributed by atoms with Crippen LogP contribution in [0.2, 0.25) is 15.1 Å². The average Bonchev–Trinajstić information content (AvgIpc) is 3.28. The molecule has 1 amide bonds. The van der Waals surface area contributed by atoms with E-state index in [9.17, 15) is 19.1 Å². The fraction of sp³-hybridized carbons (Fsp3) is 0.259. The second kappa shape index (κ2) is 12.1. The lowest BCUT2D eigenvalue weighted by atomic mass is 10.0. The number of rotatable bonds is 9. The number of nitrogens with one attached hydrogen (secondary N) is 1. The molecule has 194 valence electrons. The van der Waals surface area contributed by atoms with Gasteiger partial charge in [0.25, 0.3) is 5.91 Å². The standard InChI is InChI=1S/C27H24Cl3FN2O4/c28-20-2-1-3-21(29)25(20)26(34)32-24(27(35)36)13-16-4-7-18(8-5-16)37-19-10-11-33(15-19)14-17-6-9-23(31)22(30)12-17/h1-9,12,19,24H,10-11,13-15H2,(H,32,34)(H,35,36)/t19-,24+/m1/s1. The van der Waals surface area contributed by atoms with E-state index in [2.05, 4.69) is 10.2 Å². The van der Waals surface area contributed by atoms with Crippen molar-refractivity contribution in [2.45, 2.75) is 31.5 Å². The third-order valence-corrected chi connectivity index (χ3v) is 7.00. The summed E-state index contributed by atoms with van der Waals surface area (Å²) in [6.07, 6.45) is 0.906. The van der Waals surface area contributed by atoms with Crippen LogP contribution in [0.3, 0.4) is 0 Å². The molecule has 0 spiro atoms. The summed E-state index contributed by atoms with van der Waals surface area (Å²) in [5.74, 6) is -1.60. The highest BCUT2D eigenvalue weighted by atomic mass is 35.5. The number of halogens is 4. The van der Waals surface area contributed by atoms with Crippen molar-refractivity contribution in [3.63, 3.8) is 0 Å². The van der Waals surface area contributed by atoms with Crippen LogP contribution in [0.5, 0.6) is 5.75 Å². The summed E-state index contributed by atoms with van der Waals surface area (Å²) in [5.41, 5.74) is 1.69. The van der Waals surface area contributed by atoms with Crippen LogP contribution in [0.15, 0.2) is 60.7 Å². The third-order valence-electron chi connectivity index (χ3n) is 6.08. The van der Waals surface area contributed by atoms with Crippen LogP contribution in [0.4, 0.5) is 4.39 Å². The van der Waals surface area contributed by atoms with Gasteiger partial charge in [-0.3, -0.25) is 9.69 Å². The number of carboxylic acids is 1. The number of hydrogen-bond acceptors (Lipinski definition) is 4. The molecular weight excluding hydrogens is 542 g/mol. The number of carboxylic acid groups (broad SMARTS) is 1. The lowest BCUT2D eigenvalue weighted by molar-refractivity contribution is -0.139. The van der Waals surface area contributed by atoms with Crippen molar-refractivity contribution in [1.29, 1.82) is 0 Å². The number of nitrogens with zero attached hydrogens (tertiary/aromatic N) is 1. The molecule has 0 aromatic heterocycles. The number of aliphatic carboxylic acids is 1. The number of hydrogen-bond donors (Lipinski definition) is 2. The van der Waals surface area contributed by atoms with Crippen molar-refractivity contribution in [3.05, 3.63) is 98.2 Å². The second-order valence-corrected chi connectivity index (χ2v) is 10.0. The van der Waals surface area contributed by atoms with E-state index < -0.39 is 23.7 Å². The van der Waals surface area contributed by atoms with Crippen LogP contribution in [0.25, 0.3) is 0 Å². The Balaban J connectivity index is 1.31. The van der Waals surface area contributed by atoms with Crippen molar-refractivity contribution in [1.82, 2.24) is 10.2 Å². The number of carbonyl (C=O) groups is 2. The normalized spacial score (nSPS) is 16.4. The summed E-state index contributed by atoms with van der Waals surface area (Å²) in [6.45, 7) is 2.21. The fourth-order valence-electron chi connectivity index (χ4n) is 4.21. The molecule has 2 N–H and O–H groups in total. The fourth-order valence-corrected chi connectivity index (χ4v) is 4.98. The van der Waals surface area contributed by atoms with Gasteiger partial charge in [0.05, 0.1) is 20.6 Å². The number of amides is 1. The molecule has 4 rings (SSSR count). The van der Waals surface area contributed by atoms with E-state index >= 15 is 0 Å². The molecule has 1 aliphatic rings. The monoisotopic (exact) mass is 564 g/mol. The van der Waals surface area contributed by atoms with Crippen LogP contribution in [-0.2, 0) is 17.8 Å². The molecule has 1 saturated heterocycles. The van der Waals surface area contributed by atoms with E-state index in [1.54, 1.807) is 42.5 Å². The average molecular weight is 566 g/mol. The predicted octanol–water partition coefficient (Wildman–Crippen LogP) is 5.86. The smallest absolute Gasteiger partial charge is 0.326 e. The molecule has 3 aromatic carbocycles. The SMILES string of the molecule is O=C(N[C@@H](Cc1ccc(O[C@@H]2CCN(Cc3ccc(F)c(Cl)c3)C2)cc1)C(=O)O)c1c(Cl)cccc1Cl. The maximum atomic E-state index is 13.4. The first-order valence-electron chi connectivity index (χ1n) is 11.6. The molecule has 2 atom stereocenters. The molecule has 1 fully saturated rings. The molecule has 0 radical (unpaired) electrons. The Morgan fingerprint density at radius 3 is 2.35 bits per heavy atom. The highest BCUT2D eigenvalue weighted by Gasteiger charge is 2.25. The van der Waals surface area contributed by atoms with E-state index in [4.69, 9.17) is 39.5 Å². The summed E-state index contributed by atoms with van der Waals surface area (Å²) in [5, 5.41) is 12.5. The van der Waals surface area contributed by atoms with Crippen molar-refractivity contribution < 1.29 is 23.8 Å². The van der Waals surface area contributed by atoms with E-state index in [-0.39, 0.29) is 33.2 Å². The molecule has 0 bridgehead atoms. The molecular formula is C27H24Cl3FN2O4. The zero-order valence-corrected chi connectivity index (χ0v) is 21.9. The molecule has 1 aliphatic heterocycles. The van der Waals surface area contributed by atoms with Gasteiger partial charge in [-0.25, -0.2) is 9.18 Å². The minimum Gasteiger partial charge on any atom is -0.489 e. The van der Waals surface area contributed by atoms with Crippen LogP contribution < -0.4 is 10.1 Å². The minimum atomic E-state index is -1.18. The second-order valence-electron chi connectivity index (χ2n) is 8.82. The van der Waals surface area contributed by atoms with Gasteiger partial charge in [0.1, 0.15) is 23.7 Å². The Morgan fingerprint density at radius 2 is 1.70 bits per heavy atom. The maximum Gasteiger partial charge on any atom is 0.326 e. The molecule has 1 heterocycles. The molecule has 0 aliphatic carbocycles. The third kappa shape index (κ3) is 7.14. The van der Waals surface area contributed by atoms with Gasteiger partial charge >= 0.3 is 5.97 Å². The number of ether oxygens (including phenoxy) is 1. The van der Waals surface area contributed by atoms with Gasteiger partial charge < -0.3 is 15.2 Å². The predicted molar refractivity (Wildman–Crippen MR) is 141 cm³/mol. The molecule has 0 saturated carbocycles. The summed E-state index contributed by atoms with van der Waals surface area (Å²) in [4.78, 5) is 26.6. The van der Waals surface area contributed by atoms with Gasteiger partial charge in [0.15, 0.2) is 0 Å². The van der Waals surface area contributed by atoms with Gasteiger partial charge in [-0.15, -0.1) is 0 Å². The Bertz CT molecular complexity index is 1270. The van der Waals surface area contributed by atoms with Crippen LogP contribution >= 0.6 is 34.8 Å². The molecule has 0 unspecified atom stereocenters. The van der Waals surface area contributed by atoms with Gasteiger partial charge in [-0.1, -0.05) is 59.1 Å². The number of likely N-dealkylation sites (tertiary alicyclic amines) is 1. The van der Waals surface area contributed by atoms with E-state index in [0.29, 0.717) is 24.4 Å². The zero-order valence-electron chi connectivity index (χ0n) is 19.6. The summed E-state index contributed by atoms with van der Waals surface area (Å²) >= 11 is 18.0. The Labute approximate surface area is 228 Å². The number of benzene rings is 3. The van der Waals surface area contributed by atoms with Crippen LogP contribution in [0, 0.1) is 5.82 Å². The van der Waals surface area contributed by atoms with Crippen molar-refractivity contribution in [2.75, 3.05) is 13.1 Å². The topological polar surface area (TPSA) is 78.9 Å². The Kier molecular flexibility index (Phi) is 8.92. The van der Waals surface area contributed by atoms with Gasteiger partial charge in [-0.2, -0.15) is 0 Å². The molecule has 37 heavy (non-hydrogen) atoms. The Morgan fingerprint density at radius 1 is 1.03 bits per heavy atom. The first kappa shape index (κ1) is 27.2. The van der Waals surface area contributed by atoms with E-state index in [1.807, 2.05) is 0 Å². The highest BCUT2D eigenvalue weighted by molar-refractivity contribution is 6.39. The number of carbonyl (C=O) groups excluding carboxylic acids is 1. The zero-order chi connectivity index (χ0) is 26.5. The van der Waals surface area contributed by atoms with Crippen LogP contribution in [0.1, 0.15) is 27.9 Å². The highest BCUT2D eigenvalue weighted by Crippen LogP contribution is 2.25. The largest absolute Gasteiger partial charge is 0.489 e. The van der Waals surface area contributed by atoms with E-state index in [1.165, 1.54) is 18.2 Å². The molecule has 6 nitrogen and oxygen atoms in total. The van der Waals surface area contributed by atoms with Gasteiger partial charge in [0, 0.05) is 26.1 Å². The van der Waals surface area contributed by atoms with Gasteiger partial charge in [-0.05, 0) is 53.9 Å². The first-order chi connectivity index (χ1) is 17.7. The summed E-state index contributed by atoms with van der Waals surface area (Å²) < 4.78 is 19.5. The Hall–Kier alpha value is -2.84. The van der Waals surface area contributed by atoms with Gasteiger partial charge in [0.2, 0.25) is 0 Å². The van der Waals surface area contributed by atoms with Crippen LogP contribution in [-0.4, -0.2) is 47.1 Å². The van der Waals surface area contributed by atoms with E-state index in [0.717, 1.165) is 18.5 Å². The maximum absolute atomic E-state index is 13.4.